The van der Waals surface area contributed by atoms with Gasteiger partial charge in [-0.3, -0.25) is 0 Å². The van der Waals surface area contributed by atoms with Crippen LogP contribution in [0.15, 0.2) is 27.5 Å². The summed E-state index contributed by atoms with van der Waals surface area (Å²) in [6.45, 7) is 0. The Morgan fingerprint density at radius 3 is 2.78 bits per heavy atom. The average Bonchev–Trinajstić information content (AvgIpc) is 3.01. The van der Waals surface area contributed by atoms with Crippen LogP contribution < -0.4 is 0 Å². The van der Waals surface area contributed by atoms with E-state index in [2.05, 4.69) is 9.98 Å². The summed E-state index contributed by atoms with van der Waals surface area (Å²) in [5, 5.41) is 1.91. The first-order valence-electron chi connectivity index (χ1n) is 5.24. The maximum atomic E-state index is 11.9. The molecule has 0 fully saturated rings. The molecule has 0 spiro atoms. The van der Waals surface area contributed by atoms with Gasteiger partial charge in [-0.2, -0.15) is 14.5 Å². The first-order chi connectivity index (χ1) is 8.59. The van der Waals surface area contributed by atoms with Crippen LogP contribution in [0.2, 0.25) is 0 Å². The van der Waals surface area contributed by atoms with Gasteiger partial charge in [0.05, 0.1) is 19.0 Å². The molecule has 7 heteroatoms. The zero-order valence-electron chi connectivity index (χ0n) is 9.75. The molecular formula is C11H9N4O2S+. The highest BCUT2D eigenvalue weighted by Crippen LogP contribution is 2.17. The molecule has 0 aromatic carbocycles. The zero-order valence-corrected chi connectivity index (χ0v) is 10.6. The molecule has 1 aromatic rings. The predicted octanol–water partition coefficient (Wildman–Crippen LogP) is 0.582. The number of carbonyl (C=O) groups excluding carboxylic acids is 2. The number of rotatable bonds is 1. The summed E-state index contributed by atoms with van der Waals surface area (Å²) in [4.78, 5) is 34.1. The Hall–Kier alpha value is -2.15. The minimum Gasteiger partial charge on any atom is -0.248 e. The van der Waals surface area contributed by atoms with Crippen LogP contribution >= 0.6 is 11.3 Å². The van der Waals surface area contributed by atoms with Crippen molar-refractivity contribution in [3.8, 4) is 0 Å². The molecule has 3 heterocycles. The third-order valence-corrected chi connectivity index (χ3v) is 3.65. The van der Waals surface area contributed by atoms with Gasteiger partial charge in [0, 0.05) is 0 Å². The van der Waals surface area contributed by atoms with Crippen LogP contribution in [0, 0.1) is 0 Å². The average molecular weight is 261 g/mol. The molecule has 0 N–H and O–H groups in total. The van der Waals surface area contributed by atoms with Crippen LogP contribution in [-0.4, -0.2) is 52.9 Å². The summed E-state index contributed by atoms with van der Waals surface area (Å²) in [6, 6.07) is 3.37. The van der Waals surface area contributed by atoms with Crippen LogP contribution in [-0.2, 0) is 4.79 Å². The van der Waals surface area contributed by atoms with E-state index in [-0.39, 0.29) is 5.71 Å². The molecule has 90 valence electrons. The Morgan fingerprint density at radius 2 is 2.11 bits per heavy atom. The summed E-state index contributed by atoms with van der Waals surface area (Å²) in [6.07, 6.45) is 0. The van der Waals surface area contributed by atoms with Crippen LogP contribution in [0.3, 0.4) is 0 Å². The maximum absolute atomic E-state index is 11.9. The van der Waals surface area contributed by atoms with E-state index in [0.717, 1.165) is 9.78 Å². The van der Waals surface area contributed by atoms with Crippen molar-refractivity contribution in [1.29, 1.82) is 0 Å². The molecule has 0 saturated heterocycles. The molecule has 3 rings (SSSR count). The summed E-state index contributed by atoms with van der Waals surface area (Å²) in [5.74, 6) is 0.396. The lowest BCUT2D eigenvalue weighted by atomic mass is 10.2. The number of aliphatic imine (C=N–C) groups is 2. The second-order valence-electron chi connectivity index (χ2n) is 3.90. The first kappa shape index (κ1) is 11.0. The third kappa shape index (κ3) is 1.37. The lowest BCUT2D eigenvalue weighted by Crippen LogP contribution is -2.51. The molecule has 0 unspecified atom stereocenters. The number of hydrogen-bond donors (Lipinski definition) is 0. The zero-order chi connectivity index (χ0) is 12.9. The van der Waals surface area contributed by atoms with Crippen molar-refractivity contribution in [3.05, 3.63) is 22.4 Å². The lowest BCUT2D eigenvalue weighted by Gasteiger charge is -2.15. The number of imide groups is 1. The van der Waals surface area contributed by atoms with Crippen molar-refractivity contribution in [2.75, 3.05) is 14.1 Å². The fourth-order valence-corrected chi connectivity index (χ4v) is 2.45. The normalized spacial score (nSPS) is 19.1. The topological polar surface area (TPSA) is 65.1 Å². The fourth-order valence-electron chi connectivity index (χ4n) is 1.79. The molecule has 0 bridgehead atoms. The minimum absolute atomic E-state index is 0.225. The summed E-state index contributed by atoms with van der Waals surface area (Å²) in [7, 11) is 3.01. The van der Waals surface area contributed by atoms with E-state index in [9.17, 15) is 9.59 Å². The second-order valence-corrected chi connectivity index (χ2v) is 4.85. The third-order valence-electron chi connectivity index (χ3n) is 2.78. The van der Waals surface area contributed by atoms with Gasteiger partial charge in [-0.25, -0.2) is 9.59 Å². The van der Waals surface area contributed by atoms with Crippen LogP contribution in [0.4, 0.5) is 4.79 Å². The highest BCUT2D eigenvalue weighted by molar-refractivity contribution is 7.12. The molecular weight excluding hydrogens is 252 g/mol. The van der Waals surface area contributed by atoms with Gasteiger partial charge in [-0.15, -0.1) is 11.3 Å². The fraction of sp³-hybridized carbons (Fsp3) is 0.182. The van der Waals surface area contributed by atoms with E-state index in [0.29, 0.717) is 11.7 Å². The Balaban J connectivity index is 2.16. The van der Waals surface area contributed by atoms with E-state index in [4.69, 9.17) is 0 Å². The number of nitrogens with zero attached hydrogens (tertiary/aromatic N) is 4. The van der Waals surface area contributed by atoms with Gasteiger partial charge in [-0.1, -0.05) is 11.1 Å². The number of urea groups is 1. The summed E-state index contributed by atoms with van der Waals surface area (Å²) in [5.41, 5.74) is 0.225. The van der Waals surface area contributed by atoms with Crippen molar-refractivity contribution in [2.45, 2.75) is 0 Å². The number of thiophene rings is 1. The van der Waals surface area contributed by atoms with Crippen LogP contribution in [0.5, 0.6) is 0 Å². The van der Waals surface area contributed by atoms with Gasteiger partial charge in [0.1, 0.15) is 0 Å². The standard InChI is InChI=1S/C11H9N4O2S/c1-14-9-7(10(16)15(2)11(14)17)12-8(13-9)6-4-3-5-18-6/h3-5H,1-2H3/q+1. The molecule has 18 heavy (non-hydrogen) atoms. The van der Waals surface area contributed by atoms with Crippen LogP contribution in [0.1, 0.15) is 4.88 Å². The predicted molar refractivity (Wildman–Crippen MR) is 67.6 cm³/mol. The van der Waals surface area contributed by atoms with E-state index in [1.165, 1.54) is 23.0 Å². The van der Waals surface area contributed by atoms with E-state index in [1.54, 1.807) is 7.05 Å². The van der Waals surface area contributed by atoms with E-state index >= 15 is 0 Å². The smallest absolute Gasteiger partial charge is 0.248 e. The number of amides is 3. The summed E-state index contributed by atoms with van der Waals surface area (Å²) < 4.78 is 1.33. The molecule has 0 radical (unpaired) electrons. The maximum Gasteiger partial charge on any atom is 0.446 e. The molecule has 0 aliphatic carbocycles. The summed E-state index contributed by atoms with van der Waals surface area (Å²) >= 11 is 1.49. The van der Waals surface area contributed by atoms with E-state index in [1.807, 2.05) is 17.5 Å². The first-order valence-corrected chi connectivity index (χ1v) is 6.12. The van der Waals surface area contributed by atoms with Gasteiger partial charge >= 0.3 is 17.8 Å². The molecule has 0 saturated carbocycles. The molecule has 2 aliphatic heterocycles. The monoisotopic (exact) mass is 261 g/mol. The number of carbonyl (C=O) groups is 2. The Bertz CT molecular complexity index is 655. The lowest BCUT2D eigenvalue weighted by molar-refractivity contribution is -0.401. The molecule has 1 aromatic heterocycles. The molecule has 0 atom stereocenters. The number of hydrogen-bond acceptors (Lipinski definition) is 5. The van der Waals surface area contributed by atoms with Crippen molar-refractivity contribution >= 4 is 40.7 Å². The number of fused-ring (bicyclic) bond motifs is 1. The number of amidine groups is 2. The van der Waals surface area contributed by atoms with Gasteiger partial charge in [-0.05, 0) is 11.4 Å². The van der Waals surface area contributed by atoms with Gasteiger partial charge in [0.2, 0.25) is 11.5 Å². The SMILES string of the molecule is CN1C(=O)C2=NC(c3cccs3)=NC2=[N+](C)C1=O. The Labute approximate surface area is 107 Å². The Kier molecular flexibility index (Phi) is 2.24. The van der Waals surface area contributed by atoms with Gasteiger partial charge in [0.25, 0.3) is 0 Å². The highest BCUT2D eigenvalue weighted by atomic mass is 32.1. The largest absolute Gasteiger partial charge is 0.446 e. The molecule has 3 amide bonds. The van der Waals surface area contributed by atoms with Crippen LogP contribution in [0.25, 0.3) is 0 Å². The van der Waals surface area contributed by atoms with Crippen molar-refractivity contribution in [1.82, 2.24) is 4.90 Å². The molecule has 6 nitrogen and oxygen atoms in total. The van der Waals surface area contributed by atoms with Crippen molar-refractivity contribution in [2.24, 2.45) is 9.98 Å². The highest BCUT2D eigenvalue weighted by Gasteiger charge is 2.44. The van der Waals surface area contributed by atoms with E-state index < -0.39 is 11.9 Å². The second kappa shape index (κ2) is 3.67. The quantitative estimate of drug-likeness (QED) is 0.694. The van der Waals surface area contributed by atoms with Crippen molar-refractivity contribution < 1.29 is 14.2 Å². The minimum atomic E-state index is -0.414. The molecule has 2 aliphatic rings. The van der Waals surface area contributed by atoms with Gasteiger partial charge in [0.15, 0.2) is 0 Å². The van der Waals surface area contributed by atoms with Crippen molar-refractivity contribution in [3.63, 3.8) is 0 Å². The Morgan fingerprint density at radius 1 is 1.33 bits per heavy atom. The van der Waals surface area contributed by atoms with Gasteiger partial charge < -0.3 is 0 Å².